The lowest BCUT2D eigenvalue weighted by atomic mass is 10.2. The van der Waals surface area contributed by atoms with Crippen LogP contribution in [0, 0.1) is 5.82 Å². The number of benzene rings is 1. The van der Waals surface area contributed by atoms with Crippen LogP contribution in [0.15, 0.2) is 36.7 Å². The van der Waals surface area contributed by atoms with Crippen LogP contribution in [-0.2, 0) is 6.54 Å². The van der Waals surface area contributed by atoms with Gasteiger partial charge < -0.3 is 4.90 Å². The van der Waals surface area contributed by atoms with E-state index in [4.69, 9.17) is 11.6 Å². The highest BCUT2D eigenvalue weighted by Crippen LogP contribution is 2.16. The Morgan fingerprint density at radius 2 is 1.86 bits per heavy atom. The molecule has 0 aliphatic carbocycles. The first-order chi connectivity index (χ1) is 10.7. The van der Waals surface area contributed by atoms with Gasteiger partial charge in [0.25, 0.3) is 0 Å². The molecule has 0 atom stereocenters. The van der Waals surface area contributed by atoms with E-state index in [1.165, 1.54) is 12.1 Å². The Hall–Kier alpha value is -1.72. The summed E-state index contributed by atoms with van der Waals surface area (Å²) in [5, 5.41) is 0.421. The van der Waals surface area contributed by atoms with E-state index in [9.17, 15) is 4.39 Å². The highest BCUT2D eigenvalue weighted by atomic mass is 35.5. The molecule has 2 heterocycles. The predicted octanol–water partition coefficient (Wildman–Crippen LogP) is 2.98. The standard InChI is InChI=1S/C16H18ClFN4/c17-15-10-19-11-16(20-15)22-7-1-6-21(8-9-22)12-13-2-4-14(18)5-3-13/h2-5,10-11H,1,6-9,12H2. The van der Waals surface area contributed by atoms with Crippen molar-refractivity contribution in [2.45, 2.75) is 13.0 Å². The summed E-state index contributed by atoms with van der Waals surface area (Å²) >= 11 is 5.91. The van der Waals surface area contributed by atoms with Gasteiger partial charge in [0.15, 0.2) is 0 Å². The van der Waals surface area contributed by atoms with E-state index < -0.39 is 0 Å². The van der Waals surface area contributed by atoms with Crippen LogP contribution < -0.4 is 4.90 Å². The normalized spacial score (nSPS) is 16.5. The molecule has 6 heteroatoms. The van der Waals surface area contributed by atoms with Gasteiger partial charge in [-0.15, -0.1) is 0 Å². The maximum absolute atomic E-state index is 13.0. The molecule has 1 aliphatic heterocycles. The van der Waals surface area contributed by atoms with Crippen LogP contribution >= 0.6 is 11.6 Å². The summed E-state index contributed by atoms with van der Waals surface area (Å²) in [5.41, 5.74) is 1.14. The van der Waals surface area contributed by atoms with Gasteiger partial charge in [-0.3, -0.25) is 9.88 Å². The Morgan fingerprint density at radius 1 is 1.05 bits per heavy atom. The van der Waals surface area contributed by atoms with Gasteiger partial charge in [-0.25, -0.2) is 9.37 Å². The summed E-state index contributed by atoms with van der Waals surface area (Å²) in [6, 6.07) is 6.73. The molecule has 1 aromatic heterocycles. The first-order valence-electron chi connectivity index (χ1n) is 7.40. The third kappa shape index (κ3) is 3.93. The molecule has 1 aromatic carbocycles. The van der Waals surface area contributed by atoms with Crippen LogP contribution in [0.1, 0.15) is 12.0 Å². The number of nitrogens with zero attached hydrogens (tertiary/aromatic N) is 4. The Balaban J connectivity index is 1.61. The van der Waals surface area contributed by atoms with E-state index in [1.807, 2.05) is 12.1 Å². The molecule has 0 amide bonds. The average Bonchev–Trinajstić information content (AvgIpc) is 2.75. The van der Waals surface area contributed by atoms with Crippen LogP contribution in [0.2, 0.25) is 5.15 Å². The lowest BCUT2D eigenvalue weighted by molar-refractivity contribution is 0.285. The molecular weight excluding hydrogens is 303 g/mol. The SMILES string of the molecule is Fc1ccc(CN2CCCN(c3cncc(Cl)n3)CC2)cc1. The van der Waals surface area contributed by atoms with Crippen LogP contribution in [0.4, 0.5) is 10.2 Å². The van der Waals surface area contributed by atoms with Gasteiger partial charge in [0.2, 0.25) is 0 Å². The van der Waals surface area contributed by atoms with E-state index in [-0.39, 0.29) is 5.82 Å². The molecule has 0 bridgehead atoms. The zero-order chi connectivity index (χ0) is 15.4. The number of hydrogen-bond donors (Lipinski definition) is 0. The second kappa shape index (κ2) is 7.03. The molecule has 0 N–H and O–H groups in total. The topological polar surface area (TPSA) is 32.3 Å². The molecule has 22 heavy (non-hydrogen) atoms. The monoisotopic (exact) mass is 320 g/mol. The van der Waals surface area contributed by atoms with Crippen molar-refractivity contribution in [3.05, 3.63) is 53.2 Å². The zero-order valence-corrected chi connectivity index (χ0v) is 13.0. The van der Waals surface area contributed by atoms with Gasteiger partial charge in [-0.1, -0.05) is 23.7 Å². The second-order valence-corrected chi connectivity index (χ2v) is 5.83. The lowest BCUT2D eigenvalue weighted by Crippen LogP contribution is -2.31. The maximum Gasteiger partial charge on any atom is 0.149 e. The summed E-state index contributed by atoms with van der Waals surface area (Å²) in [4.78, 5) is 13.0. The molecule has 1 aliphatic rings. The van der Waals surface area contributed by atoms with Crippen molar-refractivity contribution in [2.75, 3.05) is 31.1 Å². The molecule has 1 saturated heterocycles. The van der Waals surface area contributed by atoms with E-state index in [1.54, 1.807) is 12.4 Å². The van der Waals surface area contributed by atoms with E-state index in [0.717, 1.165) is 50.5 Å². The van der Waals surface area contributed by atoms with Crippen molar-refractivity contribution in [3.8, 4) is 0 Å². The van der Waals surface area contributed by atoms with Crippen LogP contribution in [0.3, 0.4) is 0 Å². The average molecular weight is 321 g/mol. The fourth-order valence-corrected chi connectivity index (χ4v) is 2.83. The first-order valence-corrected chi connectivity index (χ1v) is 7.78. The largest absolute Gasteiger partial charge is 0.354 e. The number of halogens is 2. The number of aromatic nitrogens is 2. The van der Waals surface area contributed by atoms with Gasteiger partial charge in [0, 0.05) is 32.7 Å². The molecular formula is C16H18ClFN4. The van der Waals surface area contributed by atoms with Crippen LogP contribution in [0.5, 0.6) is 0 Å². The van der Waals surface area contributed by atoms with Gasteiger partial charge in [0.05, 0.1) is 12.4 Å². The minimum absolute atomic E-state index is 0.190. The first kappa shape index (κ1) is 15.2. The van der Waals surface area contributed by atoms with Crippen molar-refractivity contribution in [1.82, 2.24) is 14.9 Å². The fraction of sp³-hybridized carbons (Fsp3) is 0.375. The predicted molar refractivity (Wildman–Crippen MR) is 85.5 cm³/mol. The van der Waals surface area contributed by atoms with Gasteiger partial charge >= 0.3 is 0 Å². The van der Waals surface area contributed by atoms with Gasteiger partial charge in [0.1, 0.15) is 16.8 Å². The van der Waals surface area contributed by atoms with Gasteiger partial charge in [-0.05, 0) is 24.1 Å². The highest BCUT2D eigenvalue weighted by Gasteiger charge is 2.16. The smallest absolute Gasteiger partial charge is 0.149 e. The number of hydrogen-bond acceptors (Lipinski definition) is 4. The Morgan fingerprint density at radius 3 is 2.64 bits per heavy atom. The summed E-state index contributed by atoms with van der Waals surface area (Å²) in [7, 11) is 0. The minimum Gasteiger partial charge on any atom is -0.354 e. The fourth-order valence-electron chi connectivity index (χ4n) is 2.69. The second-order valence-electron chi connectivity index (χ2n) is 5.44. The maximum atomic E-state index is 13.0. The summed E-state index contributed by atoms with van der Waals surface area (Å²) < 4.78 is 13.0. The minimum atomic E-state index is -0.190. The summed E-state index contributed by atoms with van der Waals surface area (Å²) in [6.45, 7) is 4.62. The zero-order valence-electron chi connectivity index (χ0n) is 12.3. The number of anilines is 1. The van der Waals surface area contributed by atoms with Crippen molar-refractivity contribution in [1.29, 1.82) is 0 Å². The van der Waals surface area contributed by atoms with Crippen molar-refractivity contribution < 1.29 is 4.39 Å². The van der Waals surface area contributed by atoms with E-state index >= 15 is 0 Å². The van der Waals surface area contributed by atoms with Crippen LogP contribution in [0.25, 0.3) is 0 Å². The van der Waals surface area contributed by atoms with Crippen molar-refractivity contribution >= 4 is 17.4 Å². The molecule has 3 rings (SSSR count). The highest BCUT2D eigenvalue weighted by molar-refractivity contribution is 6.29. The lowest BCUT2D eigenvalue weighted by Gasteiger charge is -2.22. The molecule has 0 spiro atoms. The molecule has 0 radical (unpaired) electrons. The molecule has 116 valence electrons. The number of rotatable bonds is 3. The van der Waals surface area contributed by atoms with Crippen molar-refractivity contribution in [3.63, 3.8) is 0 Å². The Bertz CT molecular complexity index is 620. The van der Waals surface area contributed by atoms with E-state index in [2.05, 4.69) is 19.8 Å². The third-order valence-corrected chi connectivity index (χ3v) is 4.01. The van der Waals surface area contributed by atoms with Crippen LogP contribution in [-0.4, -0.2) is 41.0 Å². The molecule has 1 fully saturated rings. The third-order valence-electron chi connectivity index (χ3n) is 3.82. The van der Waals surface area contributed by atoms with E-state index in [0.29, 0.717) is 5.15 Å². The van der Waals surface area contributed by atoms with Gasteiger partial charge in [-0.2, -0.15) is 0 Å². The molecule has 0 unspecified atom stereocenters. The molecule has 0 saturated carbocycles. The van der Waals surface area contributed by atoms with Crippen molar-refractivity contribution in [2.24, 2.45) is 0 Å². The molecule has 4 nitrogen and oxygen atoms in total. The Kier molecular flexibility index (Phi) is 4.85. The summed E-state index contributed by atoms with van der Waals surface area (Å²) in [5.74, 6) is 0.640. The molecule has 2 aromatic rings. The quantitative estimate of drug-likeness (QED) is 0.870. The summed E-state index contributed by atoms with van der Waals surface area (Å²) in [6.07, 6.45) is 4.35. The Labute approximate surface area is 134 Å².